The Hall–Kier alpha value is -1.09. The second-order valence-corrected chi connectivity index (χ2v) is 8.02. The van der Waals surface area contributed by atoms with Crippen molar-refractivity contribution in [2.24, 2.45) is 0 Å². The Morgan fingerprint density at radius 2 is 1.75 bits per heavy atom. The van der Waals surface area contributed by atoms with E-state index in [2.05, 4.69) is 64.3 Å². The van der Waals surface area contributed by atoms with Crippen molar-refractivity contribution in [3.05, 3.63) is 23.4 Å². The Balaban J connectivity index is 2.20. The zero-order chi connectivity index (χ0) is 15.0. The molecule has 0 radical (unpaired) electrons. The van der Waals surface area contributed by atoms with Crippen LogP contribution in [0.25, 0.3) is 0 Å². The van der Waals surface area contributed by atoms with Crippen molar-refractivity contribution in [1.29, 1.82) is 0 Å². The molecular formula is C17H29N3. The van der Waals surface area contributed by atoms with Crippen LogP contribution in [0.3, 0.4) is 0 Å². The van der Waals surface area contributed by atoms with Gasteiger partial charge < -0.3 is 10.6 Å². The molecule has 0 unspecified atom stereocenters. The Labute approximate surface area is 123 Å². The zero-order valence-corrected chi connectivity index (χ0v) is 13.8. The van der Waals surface area contributed by atoms with Crippen molar-refractivity contribution in [3.63, 3.8) is 0 Å². The average Bonchev–Trinajstić information content (AvgIpc) is 3.08. The summed E-state index contributed by atoms with van der Waals surface area (Å²) in [5, 5.41) is 7.08. The standard InChI is InChI=1S/C17H29N3/c1-16(2,3)14-9-12(11-18-17(4,5)6)10-15(20-14)19-13-7-8-13/h9-10,13,18H,7-8,11H2,1-6H3,(H,19,20). The van der Waals surface area contributed by atoms with Crippen LogP contribution in [0.5, 0.6) is 0 Å². The summed E-state index contributed by atoms with van der Waals surface area (Å²) in [6, 6.07) is 5.06. The summed E-state index contributed by atoms with van der Waals surface area (Å²) in [6.07, 6.45) is 2.55. The number of nitrogens with zero attached hydrogens (tertiary/aromatic N) is 1. The van der Waals surface area contributed by atoms with Gasteiger partial charge in [-0.15, -0.1) is 0 Å². The molecule has 112 valence electrons. The van der Waals surface area contributed by atoms with Gasteiger partial charge in [-0.25, -0.2) is 4.98 Å². The largest absolute Gasteiger partial charge is 0.367 e. The van der Waals surface area contributed by atoms with Gasteiger partial charge in [-0.2, -0.15) is 0 Å². The van der Waals surface area contributed by atoms with E-state index in [1.54, 1.807) is 0 Å². The molecule has 1 heterocycles. The number of aromatic nitrogens is 1. The number of hydrogen-bond acceptors (Lipinski definition) is 3. The number of pyridine rings is 1. The molecule has 1 aliphatic carbocycles. The van der Waals surface area contributed by atoms with Crippen LogP contribution in [-0.2, 0) is 12.0 Å². The van der Waals surface area contributed by atoms with Gasteiger partial charge >= 0.3 is 0 Å². The molecule has 0 bridgehead atoms. The summed E-state index contributed by atoms with van der Waals surface area (Å²) < 4.78 is 0. The molecule has 0 saturated heterocycles. The van der Waals surface area contributed by atoms with Crippen molar-refractivity contribution in [3.8, 4) is 0 Å². The summed E-state index contributed by atoms with van der Waals surface area (Å²) >= 11 is 0. The fourth-order valence-corrected chi connectivity index (χ4v) is 1.95. The maximum absolute atomic E-state index is 4.79. The molecular weight excluding hydrogens is 246 g/mol. The quantitative estimate of drug-likeness (QED) is 0.876. The van der Waals surface area contributed by atoms with Gasteiger partial charge in [0.2, 0.25) is 0 Å². The lowest BCUT2D eigenvalue weighted by atomic mass is 9.90. The molecule has 1 saturated carbocycles. The van der Waals surface area contributed by atoms with E-state index in [0.29, 0.717) is 6.04 Å². The van der Waals surface area contributed by atoms with Gasteiger partial charge in [0.15, 0.2) is 0 Å². The van der Waals surface area contributed by atoms with E-state index in [4.69, 9.17) is 4.98 Å². The molecule has 3 nitrogen and oxygen atoms in total. The first-order chi connectivity index (χ1) is 9.13. The van der Waals surface area contributed by atoms with Crippen LogP contribution in [0.4, 0.5) is 5.82 Å². The van der Waals surface area contributed by atoms with E-state index in [9.17, 15) is 0 Å². The van der Waals surface area contributed by atoms with Gasteiger partial charge in [0.25, 0.3) is 0 Å². The normalized spacial score (nSPS) is 16.3. The molecule has 3 heteroatoms. The van der Waals surface area contributed by atoms with Crippen LogP contribution in [0.2, 0.25) is 0 Å². The number of anilines is 1. The molecule has 2 N–H and O–H groups in total. The monoisotopic (exact) mass is 275 g/mol. The molecule has 1 aromatic rings. The SMILES string of the molecule is CC(C)(C)NCc1cc(NC2CC2)nc(C(C)(C)C)c1. The second kappa shape index (κ2) is 5.36. The van der Waals surface area contributed by atoms with E-state index in [-0.39, 0.29) is 11.0 Å². The lowest BCUT2D eigenvalue weighted by Crippen LogP contribution is -2.35. The summed E-state index contributed by atoms with van der Waals surface area (Å²) in [5.74, 6) is 1.03. The summed E-state index contributed by atoms with van der Waals surface area (Å²) in [6.45, 7) is 14.1. The van der Waals surface area contributed by atoms with Crippen molar-refractivity contribution >= 4 is 5.82 Å². The summed E-state index contributed by atoms with van der Waals surface area (Å²) in [4.78, 5) is 4.79. The highest BCUT2D eigenvalue weighted by atomic mass is 15.0. The summed E-state index contributed by atoms with van der Waals surface area (Å²) in [7, 11) is 0. The van der Waals surface area contributed by atoms with E-state index >= 15 is 0 Å². The zero-order valence-electron chi connectivity index (χ0n) is 13.8. The van der Waals surface area contributed by atoms with E-state index < -0.39 is 0 Å². The predicted octanol–water partition coefficient (Wildman–Crippen LogP) is 3.84. The second-order valence-electron chi connectivity index (χ2n) is 8.02. The van der Waals surface area contributed by atoms with E-state index in [1.165, 1.54) is 18.4 Å². The van der Waals surface area contributed by atoms with Gasteiger partial charge in [-0.3, -0.25) is 0 Å². The van der Waals surface area contributed by atoms with Crippen LogP contribution >= 0.6 is 0 Å². The molecule has 1 fully saturated rings. The molecule has 2 rings (SSSR count). The van der Waals surface area contributed by atoms with Crippen LogP contribution in [-0.4, -0.2) is 16.6 Å². The molecule has 0 atom stereocenters. The minimum Gasteiger partial charge on any atom is -0.367 e. The van der Waals surface area contributed by atoms with Gasteiger partial charge in [0.05, 0.1) is 0 Å². The third-order valence-corrected chi connectivity index (χ3v) is 3.41. The Morgan fingerprint density at radius 1 is 1.10 bits per heavy atom. The minimum absolute atomic E-state index is 0.0811. The molecule has 0 spiro atoms. The van der Waals surface area contributed by atoms with Crippen molar-refractivity contribution in [2.75, 3.05) is 5.32 Å². The first kappa shape index (κ1) is 15.3. The predicted molar refractivity (Wildman–Crippen MR) is 86.2 cm³/mol. The highest BCUT2D eigenvalue weighted by Gasteiger charge is 2.23. The van der Waals surface area contributed by atoms with Gasteiger partial charge in [-0.1, -0.05) is 20.8 Å². The molecule has 20 heavy (non-hydrogen) atoms. The smallest absolute Gasteiger partial charge is 0.126 e. The fourth-order valence-electron chi connectivity index (χ4n) is 1.95. The Bertz CT molecular complexity index is 462. The maximum atomic E-state index is 4.79. The van der Waals surface area contributed by atoms with Crippen LogP contribution < -0.4 is 10.6 Å². The van der Waals surface area contributed by atoms with E-state index in [1.807, 2.05) is 0 Å². The van der Waals surface area contributed by atoms with E-state index in [0.717, 1.165) is 18.1 Å². The lowest BCUT2D eigenvalue weighted by Gasteiger charge is -2.23. The van der Waals surface area contributed by atoms with Crippen LogP contribution in [0, 0.1) is 0 Å². The van der Waals surface area contributed by atoms with Crippen molar-refractivity contribution < 1.29 is 0 Å². The number of nitrogens with one attached hydrogen (secondary N) is 2. The third-order valence-electron chi connectivity index (χ3n) is 3.41. The Morgan fingerprint density at radius 3 is 2.25 bits per heavy atom. The Kier molecular flexibility index (Phi) is 4.10. The topological polar surface area (TPSA) is 37.0 Å². The molecule has 1 aliphatic rings. The highest BCUT2D eigenvalue weighted by Crippen LogP contribution is 2.27. The van der Waals surface area contributed by atoms with Gasteiger partial charge in [0.1, 0.15) is 5.82 Å². The number of hydrogen-bond donors (Lipinski definition) is 2. The average molecular weight is 275 g/mol. The van der Waals surface area contributed by atoms with Crippen molar-refractivity contribution in [2.45, 2.75) is 77.9 Å². The van der Waals surface area contributed by atoms with Gasteiger partial charge in [-0.05, 0) is 51.3 Å². The first-order valence-electron chi connectivity index (χ1n) is 7.66. The molecule has 1 aromatic heterocycles. The van der Waals surface area contributed by atoms with Crippen molar-refractivity contribution in [1.82, 2.24) is 10.3 Å². The maximum Gasteiger partial charge on any atom is 0.126 e. The molecule has 0 aliphatic heterocycles. The highest BCUT2D eigenvalue weighted by molar-refractivity contribution is 5.43. The molecule has 0 amide bonds. The third kappa shape index (κ3) is 4.78. The van der Waals surface area contributed by atoms with Gasteiger partial charge in [0, 0.05) is 29.2 Å². The molecule has 0 aromatic carbocycles. The summed E-state index contributed by atoms with van der Waals surface area (Å²) in [5.41, 5.74) is 2.68. The lowest BCUT2D eigenvalue weighted by molar-refractivity contribution is 0.424. The number of rotatable bonds is 4. The fraction of sp³-hybridized carbons (Fsp3) is 0.706. The minimum atomic E-state index is 0.0811. The van der Waals surface area contributed by atoms with Crippen LogP contribution in [0.1, 0.15) is 65.6 Å². The van der Waals surface area contributed by atoms with Crippen LogP contribution in [0.15, 0.2) is 12.1 Å². The first-order valence-corrected chi connectivity index (χ1v) is 7.66.